The number of aromatic hydroxyl groups is 1. The maximum atomic E-state index is 13.0. The number of hydrogen-bond donors (Lipinski definition) is 2. The van der Waals surface area contributed by atoms with E-state index in [0.29, 0.717) is 42.7 Å². The Kier molecular flexibility index (Phi) is 29.5. The fourth-order valence-corrected chi connectivity index (χ4v) is 17.1. The second-order valence-corrected chi connectivity index (χ2v) is 36.8. The number of rotatable bonds is 21. The lowest BCUT2D eigenvalue weighted by Gasteiger charge is -2.46. The molecule has 5 aliphatic carbocycles. The van der Waals surface area contributed by atoms with Gasteiger partial charge >= 0.3 is 35.1 Å². The number of hydrogen-bond acceptors (Lipinski definition) is 15. The normalized spacial score (nSPS) is 20.8. The molecule has 0 saturated heterocycles. The van der Waals surface area contributed by atoms with Gasteiger partial charge in [0.2, 0.25) is 5.91 Å². The molecule has 12 rings (SSSR count). The van der Waals surface area contributed by atoms with Crippen LogP contribution in [0.15, 0.2) is 172 Å². The molecule has 16 nitrogen and oxygen atoms in total. The fourth-order valence-electron chi connectivity index (χ4n) is 14.5. The number of anilines is 1. The molecular weight excluding hydrogens is 1430 g/mol. The number of carbonyl (C=O) groups is 6. The molecule has 6 aromatic rings. The number of esters is 5. The SMILES string of the molecule is CCC(C)(C)C(=O)Nc1cccc(O)c1.CCC(C)(C)C(=O)OC(C)C(F)(F)S(=O)(=O)[O-].CCC(C)(C)C(=O)OC1(C)Cc2ccccc2C1.CCC(C)(C)C(=O)OC1(CC)CC2CC1C1C3CCC(C3)C21.CCC(C)(C)C(=O)Oc1ccc2c(c1)COC2=O.c1ccc([S+](c2ccccc2)c2ccccc2)cc1. The lowest BCUT2D eigenvalue weighted by Crippen LogP contribution is -2.49. The standard InChI is InChI=1S/C20H32O2.C18H15S.C16H22O2.C14H16O4.C12H17NO2.C9H16F2O5S/c1-5-19(3,4)18(21)22-20(6-2)11-14-10-15(20)17-13-8-7-12(9-13)16(14)17;1-4-10-16(11-5-1)19(17-12-6-2-7-13-17)18-14-8-3-9-15-18;1-5-15(2,3)14(17)18-16(4)10-12-8-6-7-9-13(12)11-16;1-4-14(2,3)13(16)18-10-5-6-11-9(7-10)8-17-12(11)15;1-4-12(2,3)11(15)13-9-6-5-7-10(14)8-9;1-5-8(3,4)7(12)16-6(2)9(10,11)17(13,14)15/h12-17H,5-11H2,1-4H3;1-15H;6-9H,5,10-11H2,1-4H3;5-7H,4,8H2,1-3H3;5-8,14H,4H2,1-3H3,(H,13,15);6H,5H2,1-4H3,(H,13,14,15)/q;+1;;;;/p-1. The highest BCUT2D eigenvalue weighted by molar-refractivity contribution is 7.97. The molecule has 1 heterocycles. The highest BCUT2D eigenvalue weighted by Crippen LogP contribution is 2.71. The van der Waals surface area contributed by atoms with Crippen LogP contribution in [0.3, 0.4) is 0 Å². The van der Waals surface area contributed by atoms with E-state index in [-0.39, 0.29) is 75.1 Å². The Hall–Kier alpha value is -7.94. The van der Waals surface area contributed by atoms with Crippen LogP contribution in [0.4, 0.5) is 14.5 Å². The van der Waals surface area contributed by atoms with Crippen molar-refractivity contribution in [3.8, 4) is 11.5 Å². The summed E-state index contributed by atoms with van der Waals surface area (Å²) in [6, 6.07) is 52.0. The average Bonchev–Trinajstić information content (AvgIpc) is 1.53. The van der Waals surface area contributed by atoms with Gasteiger partial charge in [-0.2, -0.15) is 8.78 Å². The molecule has 1 amide bonds. The largest absolute Gasteiger partial charge is 0.743 e. The van der Waals surface area contributed by atoms with Gasteiger partial charge in [-0.1, -0.05) is 140 Å². The van der Waals surface area contributed by atoms with Crippen LogP contribution in [0.5, 0.6) is 11.5 Å². The monoisotopic (exact) mass is 1540 g/mol. The minimum Gasteiger partial charge on any atom is -0.743 e. The molecule has 0 aromatic heterocycles. The van der Waals surface area contributed by atoms with Gasteiger partial charge in [0.15, 0.2) is 30.9 Å². The maximum Gasteiger partial charge on any atom is 0.369 e. The van der Waals surface area contributed by atoms with Gasteiger partial charge in [-0.05, 0) is 247 Å². The van der Waals surface area contributed by atoms with E-state index in [1.54, 1.807) is 43.3 Å². The van der Waals surface area contributed by atoms with Crippen LogP contribution in [-0.2, 0) is 83.4 Å². The smallest absolute Gasteiger partial charge is 0.369 e. The Morgan fingerprint density at radius 2 is 1.04 bits per heavy atom. The number of halogens is 2. The van der Waals surface area contributed by atoms with E-state index >= 15 is 0 Å². The molecule has 20 heteroatoms. The maximum absolute atomic E-state index is 13.0. The van der Waals surface area contributed by atoms with Gasteiger partial charge < -0.3 is 38.7 Å². The molecular formula is C89H117F2NO15S2. The topological polar surface area (TPSA) is 238 Å². The highest BCUT2D eigenvalue weighted by atomic mass is 32.2. The Bertz CT molecular complexity index is 4080. The van der Waals surface area contributed by atoms with Crippen LogP contribution in [-0.4, -0.2) is 76.4 Å². The molecule has 1 aliphatic heterocycles. The summed E-state index contributed by atoms with van der Waals surface area (Å²) in [5, 5.41) is 7.38. The van der Waals surface area contributed by atoms with Gasteiger partial charge in [-0.25, -0.2) is 13.2 Å². The third-order valence-corrected chi connectivity index (χ3v) is 26.8. The molecule has 4 saturated carbocycles. The molecule has 6 aliphatic rings. The Morgan fingerprint density at radius 1 is 0.578 bits per heavy atom. The predicted octanol–water partition coefficient (Wildman–Crippen LogP) is 20.1. The Balaban J connectivity index is 0.000000183. The molecule has 0 spiro atoms. The van der Waals surface area contributed by atoms with E-state index in [2.05, 4.69) is 127 Å². The minimum absolute atomic E-state index is 0.0146. The quantitative estimate of drug-likeness (QED) is 0.0170. The van der Waals surface area contributed by atoms with E-state index < -0.39 is 43.7 Å². The van der Waals surface area contributed by atoms with Gasteiger partial charge in [0.05, 0.1) is 38.1 Å². The van der Waals surface area contributed by atoms with Crippen molar-refractivity contribution in [3.63, 3.8) is 0 Å². The number of benzene rings is 6. The first-order valence-electron chi connectivity index (χ1n) is 38.6. The van der Waals surface area contributed by atoms with Crippen molar-refractivity contribution < 1.29 is 79.3 Å². The molecule has 8 unspecified atom stereocenters. The predicted molar refractivity (Wildman–Crippen MR) is 421 cm³/mol. The summed E-state index contributed by atoms with van der Waals surface area (Å²) in [4.78, 5) is 75.4. The number of amides is 1. The van der Waals surface area contributed by atoms with Gasteiger partial charge in [0.1, 0.15) is 29.3 Å². The summed E-state index contributed by atoms with van der Waals surface area (Å²) in [6.07, 6.45) is 10.7. The van der Waals surface area contributed by atoms with Crippen molar-refractivity contribution in [2.75, 3.05) is 5.32 Å². The molecule has 6 aromatic carbocycles. The molecule has 0 radical (unpaired) electrons. The van der Waals surface area contributed by atoms with Crippen molar-refractivity contribution in [1.82, 2.24) is 0 Å². The first kappa shape index (κ1) is 88.3. The summed E-state index contributed by atoms with van der Waals surface area (Å²) >= 11 is 0. The van der Waals surface area contributed by atoms with Crippen LogP contribution in [0, 0.1) is 62.6 Å². The second kappa shape index (κ2) is 36.5. The lowest BCUT2D eigenvalue weighted by atomic mass is 9.65. The van der Waals surface area contributed by atoms with E-state index in [4.69, 9.17) is 18.9 Å². The van der Waals surface area contributed by atoms with E-state index in [1.165, 1.54) is 71.4 Å². The average molecular weight is 1540 g/mol. The Labute approximate surface area is 649 Å². The zero-order chi connectivity index (χ0) is 80.9. The lowest BCUT2D eigenvalue weighted by molar-refractivity contribution is -0.183. The highest BCUT2D eigenvalue weighted by Gasteiger charge is 2.68. The summed E-state index contributed by atoms with van der Waals surface area (Å²) in [5.74, 6) is 4.33. The zero-order valence-corrected chi connectivity index (χ0v) is 68.8. The molecule has 8 atom stereocenters. The molecule has 594 valence electrons. The number of carbonyl (C=O) groups excluding carboxylic acids is 6. The first-order chi connectivity index (χ1) is 51.0. The van der Waals surface area contributed by atoms with Crippen molar-refractivity contribution in [3.05, 3.63) is 180 Å². The number of fused-ring (bicyclic) bond motifs is 11. The third-order valence-electron chi connectivity index (χ3n) is 23.6. The summed E-state index contributed by atoms with van der Waals surface area (Å²) in [5.41, 5.74) is 1.42. The second-order valence-electron chi connectivity index (χ2n) is 33.3. The van der Waals surface area contributed by atoms with Crippen molar-refractivity contribution in [2.45, 2.75) is 252 Å². The van der Waals surface area contributed by atoms with Crippen LogP contribution < -0.4 is 10.1 Å². The summed E-state index contributed by atoms with van der Waals surface area (Å²) in [6.45, 7) is 33.2. The van der Waals surface area contributed by atoms with Gasteiger partial charge in [-0.3, -0.25) is 24.0 Å². The molecule has 4 fully saturated rings. The van der Waals surface area contributed by atoms with E-state index in [1.807, 2.05) is 95.2 Å². The Morgan fingerprint density at radius 3 is 1.50 bits per heavy atom. The van der Waals surface area contributed by atoms with Crippen molar-refractivity contribution in [1.29, 1.82) is 0 Å². The van der Waals surface area contributed by atoms with E-state index in [9.17, 15) is 55.6 Å². The van der Waals surface area contributed by atoms with Crippen LogP contribution in [0.25, 0.3) is 0 Å². The van der Waals surface area contributed by atoms with Crippen molar-refractivity contribution >= 4 is 62.5 Å². The minimum atomic E-state index is -5.86. The fraction of sp³-hybridized carbons (Fsp3) is 0.528. The van der Waals surface area contributed by atoms with Crippen LogP contribution in [0.2, 0.25) is 0 Å². The summed E-state index contributed by atoms with van der Waals surface area (Å²) < 4.78 is 83.6. The number of phenolic OH excluding ortho intramolecular Hbond substituents is 1. The van der Waals surface area contributed by atoms with Crippen LogP contribution >= 0.6 is 0 Å². The number of cyclic esters (lactones) is 1. The van der Waals surface area contributed by atoms with Gasteiger partial charge in [-0.15, -0.1) is 0 Å². The van der Waals surface area contributed by atoms with Gasteiger partial charge in [0.25, 0.3) is 0 Å². The van der Waals surface area contributed by atoms with E-state index in [0.717, 1.165) is 80.1 Å². The molecule has 109 heavy (non-hydrogen) atoms. The molecule has 2 N–H and O–H groups in total. The zero-order valence-electron chi connectivity index (χ0n) is 67.2. The van der Waals surface area contributed by atoms with Crippen molar-refractivity contribution in [2.24, 2.45) is 62.6 Å². The number of alkyl halides is 2. The number of nitrogens with one attached hydrogen (secondary N) is 1. The number of phenols is 1. The van der Waals surface area contributed by atoms with Crippen LogP contribution in [0.1, 0.15) is 222 Å². The third kappa shape index (κ3) is 21.8. The first-order valence-corrected chi connectivity index (χ1v) is 41.2. The number of ether oxygens (including phenoxy) is 5. The van der Waals surface area contributed by atoms with Gasteiger partial charge in [0, 0.05) is 41.5 Å². The molecule has 4 bridgehead atoms. The summed E-state index contributed by atoms with van der Waals surface area (Å²) in [7, 11) is -5.87.